The second kappa shape index (κ2) is 7.99. The van der Waals surface area contributed by atoms with E-state index in [9.17, 15) is 4.79 Å². The van der Waals surface area contributed by atoms with E-state index in [1.165, 1.54) is 0 Å². The Morgan fingerprint density at radius 3 is 2.79 bits per heavy atom. The van der Waals surface area contributed by atoms with Gasteiger partial charge >= 0.3 is 6.03 Å². The maximum absolute atomic E-state index is 12.7. The Hall–Kier alpha value is -2.28. The molecule has 1 aliphatic rings. The average Bonchev–Trinajstić information content (AvgIpc) is 3.33. The van der Waals surface area contributed by atoms with E-state index in [-0.39, 0.29) is 12.1 Å². The first kappa shape index (κ1) is 19.1. The lowest BCUT2D eigenvalue weighted by atomic mass is 10.2. The predicted molar refractivity (Wildman–Crippen MR) is 109 cm³/mol. The molecule has 0 bridgehead atoms. The minimum atomic E-state index is -0.289. The van der Waals surface area contributed by atoms with Crippen LogP contribution >= 0.6 is 34.8 Å². The van der Waals surface area contributed by atoms with Crippen molar-refractivity contribution in [1.82, 2.24) is 15.0 Å². The Morgan fingerprint density at radius 1 is 1.14 bits per heavy atom. The second-order valence-corrected chi connectivity index (χ2v) is 7.63. The summed E-state index contributed by atoms with van der Waals surface area (Å²) in [7, 11) is 0. The smallest absolute Gasteiger partial charge is 0.322 e. The van der Waals surface area contributed by atoms with Crippen LogP contribution in [0.4, 0.5) is 10.5 Å². The van der Waals surface area contributed by atoms with E-state index >= 15 is 0 Å². The van der Waals surface area contributed by atoms with Gasteiger partial charge in [-0.1, -0.05) is 52.1 Å². The molecule has 1 saturated heterocycles. The fraction of sp³-hybridized carbons (Fsp3) is 0.211. The highest BCUT2D eigenvalue weighted by Crippen LogP contribution is 2.33. The Bertz CT molecular complexity index is 1020. The van der Waals surface area contributed by atoms with Gasteiger partial charge in [0.25, 0.3) is 0 Å². The molecule has 1 N–H and O–H groups in total. The molecular weight excluding hydrogens is 423 g/mol. The number of urea groups is 1. The summed E-state index contributed by atoms with van der Waals surface area (Å²) in [6.45, 7) is 0.590. The van der Waals surface area contributed by atoms with E-state index in [1.54, 1.807) is 35.2 Å². The molecule has 2 amide bonds. The lowest BCUT2D eigenvalue weighted by Gasteiger charge is -2.22. The molecule has 144 valence electrons. The van der Waals surface area contributed by atoms with Crippen molar-refractivity contribution >= 4 is 46.5 Å². The number of anilines is 1. The number of amides is 2. The highest BCUT2D eigenvalue weighted by Gasteiger charge is 2.34. The first-order chi connectivity index (χ1) is 13.5. The lowest BCUT2D eigenvalue weighted by molar-refractivity contribution is 0.193. The van der Waals surface area contributed by atoms with E-state index in [4.69, 9.17) is 39.3 Å². The quantitative estimate of drug-likeness (QED) is 0.540. The number of hydrogen-bond acceptors (Lipinski definition) is 4. The highest BCUT2D eigenvalue weighted by molar-refractivity contribution is 6.42. The molecule has 3 aromatic rings. The highest BCUT2D eigenvalue weighted by atomic mass is 35.5. The molecule has 0 saturated carbocycles. The van der Waals surface area contributed by atoms with Gasteiger partial charge in [0.1, 0.15) is 6.04 Å². The Morgan fingerprint density at radius 2 is 2.00 bits per heavy atom. The van der Waals surface area contributed by atoms with Crippen molar-refractivity contribution in [3.8, 4) is 11.4 Å². The maximum Gasteiger partial charge on any atom is 0.322 e. The van der Waals surface area contributed by atoms with Crippen molar-refractivity contribution in [2.75, 3.05) is 11.9 Å². The normalized spacial score (nSPS) is 16.4. The van der Waals surface area contributed by atoms with Crippen LogP contribution in [0.1, 0.15) is 24.8 Å². The monoisotopic (exact) mass is 436 g/mol. The van der Waals surface area contributed by atoms with Crippen molar-refractivity contribution in [2.45, 2.75) is 18.9 Å². The first-order valence-electron chi connectivity index (χ1n) is 8.63. The molecule has 0 spiro atoms. The van der Waals surface area contributed by atoms with Gasteiger partial charge in [-0.25, -0.2) is 4.79 Å². The van der Waals surface area contributed by atoms with Gasteiger partial charge in [-0.05, 0) is 43.2 Å². The summed E-state index contributed by atoms with van der Waals surface area (Å²) in [5, 5.41) is 8.26. The first-order valence-corrected chi connectivity index (χ1v) is 9.77. The van der Waals surface area contributed by atoms with Gasteiger partial charge in [0, 0.05) is 22.8 Å². The van der Waals surface area contributed by atoms with Crippen molar-refractivity contribution in [3.05, 3.63) is 63.4 Å². The molecule has 4 rings (SSSR count). The third-order valence-corrected chi connectivity index (χ3v) is 5.47. The van der Waals surface area contributed by atoms with Gasteiger partial charge in [0.15, 0.2) is 0 Å². The number of likely N-dealkylation sites (tertiary alicyclic amines) is 1. The topological polar surface area (TPSA) is 71.3 Å². The summed E-state index contributed by atoms with van der Waals surface area (Å²) in [4.78, 5) is 18.9. The molecule has 1 atom stereocenters. The molecule has 2 aromatic carbocycles. The van der Waals surface area contributed by atoms with Crippen LogP contribution in [0.25, 0.3) is 11.4 Å². The molecule has 1 aliphatic heterocycles. The zero-order chi connectivity index (χ0) is 19.7. The summed E-state index contributed by atoms with van der Waals surface area (Å²) >= 11 is 18.0. The fourth-order valence-corrected chi connectivity index (χ4v) is 3.64. The van der Waals surface area contributed by atoms with Gasteiger partial charge in [0.05, 0.1) is 10.0 Å². The van der Waals surface area contributed by atoms with Crippen molar-refractivity contribution < 1.29 is 9.32 Å². The number of rotatable bonds is 3. The number of halogens is 3. The molecular formula is C19H15Cl3N4O2. The molecule has 1 unspecified atom stereocenters. The number of benzene rings is 2. The van der Waals surface area contributed by atoms with Crippen LogP contribution in [-0.4, -0.2) is 27.6 Å². The number of carbonyl (C=O) groups is 1. The van der Waals surface area contributed by atoms with E-state index in [1.807, 2.05) is 12.1 Å². The Balaban J connectivity index is 1.52. The zero-order valence-corrected chi connectivity index (χ0v) is 16.8. The largest absolute Gasteiger partial charge is 0.337 e. The Labute approximate surface area is 176 Å². The van der Waals surface area contributed by atoms with E-state index in [2.05, 4.69) is 15.5 Å². The van der Waals surface area contributed by atoms with Crippen molar-refractivity contribution in [2.24, 2.45) is 0 Å². The lowest BCUT2D eigenvalue weighted by Crippen LogP contribution is -2.34. The summed E-state index contributed by atoms with van der Waals surface area (Å²) in [5.41, 5.74) is 1.32. The number of nitrogens with one attached hydrogen (secondary N) is 1. The molecule has 0 radical (unpaired) electrons. The van der Waals surface area contributed by atoms with Gasteiger partial charge in [-0.3, -0.25) is 0 Å². The summed E-state index contributed by atoms with van der Waals surface area (Å²) in [6.07, 6.45) is 1.58. The third-order valence-electron chi connectivity index (χ3n) is 4.49. The Kier molecular flexibility index (Phi) is 5.44. The van der Waals surface area contributed by atoms with E-state index in [0.717, 1.165) is 18.4 Å². The zero-order valence-electron chi connectivity index (χ0n) is 14.5. The van der Waals surface area contributed by atoms with Crippen LogP contribution in [0.15, 0.2) is 47.0 Å². The SMILES string of the molecule is O=C(Nc1ccc(Cl)c(Cl)c1)N1CCCC1c1nc(-c2cccc(Cl)c2)no1. The van der Waals surface area contributed by atoms with Crippen LogP contribution < -0.4 is 5.32 Å². The molecule has 6 nitrogen and oxygen atoms in total. The van der Waals surface area contributed by atoms with E-state index in [0.29, 0.717) is 39.0 Å². The van der Waals surface area contributed by atoms with Crippen LogP contribution in [0.5, 0.6) is 0 Å². The second-order valence-electron chi connectivity index (χ2n) is 6.38. The molecule has 1 aromatic heterocycles. The third kappa shape index (κ3) is 3.94. The van der Waals surface area contributed by atoms with Gasteiger partial charge in [0.2, 0.25) is 11.7 Å². The molecule has 1 fully saturated rings. The molecule has 2 heterocycles. The summed E-state index contributed by atoms with van der Waals surface area (Å²) in [6, 6.07) is 11.6. The predicted octanol–water partition coefficient (Wildman–Crippen LogP) is 6.07. The number of nitrogens with zero attached hydrogens (tertiary/aromatic N) is 3. The fourth-order valence-electron chi connectivity index (χ4n) is 3.15. The van der Waals surface area contributed by atoms with Gasteiger partial charge < -0.3 is 14.7 Å². The van der Waals surface area contributed by atoms with Crippen molar-refractivity contribution in [1.29, 1.82) is 0 Å². The number of aromatic nitrogens is 2. The van der Waals surface area contributed by atoms with Gasteiger partial charge in [-0.2, -0.15) is 4.98 Å². The number of hydrogen-bond donors (Lipinski definition) is 1. The van der Waals surface area contributed by atoms with Crippen LogP contribution in [-0.2, 0) is 0 Å². The standard InChI is InChI=1S/C19H15Cl3N4O2/c20-12-4-1-3-11(9-12)17-24-18(28-25-17)16-5-2-8-26(16)19(27)23-13-6-7-14(21)15(22)10-13/h1,3-4,6-7,9-10,16H,2,5,8H2,(H,23,27). The average molecular weight is 438 g/mol. The maximum atomic E-state index is 12.7. The van der Waals surface area contributed by atoms with Crippen molar-refractivity contribution in [3.63, 3.8) is 0 Å². The molecule has 28 heavy (non-hydrogen) atoms. The molecule has 9 heteroatoms. The van der Waals surface area contributed by atoms with Gasteiger partial charge in [-0.15, -0.1) is 0 Å². The summed E-state index contributed by atoms with van der Waals surface area (Å²) in [5.74, 6) is 0.839. The summed E-state index contributed by atoms with van der Waals surface area (Å²) < 4.78 is 5.44. The van der Waals surface area contributed by atoms with Crippen LogP contribution in [0.3, 0.4) is 0 Å². The molecule has 0 aliphatic carbocycles. The minimum Gasteiger partial charge on any atom is -0.337 e. The van der Waals surface area contributed by atoms with Crippen LogP contribution in [0.2, 0.25) is 15.1 Å². The van der Waals surface area contributed by atoms with Crippen LogP contribution in [0, 0.1) is 0 Å². The number of carbonyl (C=O) groups excluding carboxylic acids is 1. The van der Waals surface area contributed by atoms with E-state index < -0.39 is 0 Å². The minimum absolute atomic E-state index is 0.261.